The monoisotopic (exact) mass is 419 g/mol. The van der Waals surface area contributed by atoms with E-state index in [9.17, 15) is 18.0 Å². The SMILES string of the molecule is CN(CCc1ccccn1)C[C@@H]1CCC[C@@H](NC(=O)c2cccc(C(F)(F)F)c2)C1. The van der Waals surface area contributed by atoms with E-state index in [0.29, 0.717) is 5.92 Å². The average molecular weight is 419 g/mol. The first-order chi connectivity index (χ1) is 14.3. The fourth-order valence-electron chi connectivity index (χ4n) is 4.08. The maximum atomic E-state index is 12.9. The van der Waals surface area contributed by atoms with Crippen LogP contribution in [0.1, 0.15) is 47.3 Å². The summed E-state index contributed by atoms with van der Waals surface area (Å²) < 4.78 is 38.7. The number of alkyl halides is 3. The van der Waals surface area contributed by atoms with E-state index in [1.165, 1.54) is 12.1 Å². The zero-order valence-electron chi connectivity index (χ0n) is 17.2. The lowest BCUT2D eigenvalue weighted by molar-refractivity contribution is -0.137. The van der Waals surface area contributed by atoms with E-state index < -0.39 is 17.6 Å². The third-order valence-corrected chi connectivity index (χ3v) is 5.62. The molecule has 3 rings (SSSR count). The fourth-order valence-corrected chi connectivity index (χ4v) is 4.08. The van der Waals surface area contributed by atoms with Crippen LogP contribution in [0.3, 0.4) is 0 Å². The van der Waals surface area contributed by atoms with Crippen LogP contribution in [0.4, 0.5) is 13.2 Å². The Morgan fingerprint density at radius 3 is 2.77 bits per heavy atom. The summed E-state index contributed by atoms with van der Waals surface area (Å²) >= 11 is 0. The van der Waals surface area contributed by atoms with Crippen LogP contribution < -0.4 is 5.32 Å². The van der Waals surface area contributed by atoms with Crippen LogP contribution in [0.25, 0.3) is 0 Å². The van der Waals surface area contributed by atoms with Gasteiger partial charge in [-0.25, -0.2) is 0 Å². The Morgan fingerprint density at radius 1 is 1.20 bits per heavy atom. The molecule has 1 aliphatic rings. The van der Waals surface area contributed by atoms with Crippen LogP contribution in [0.5, 0.6) is 0 Å². The van der Waals surface area contributed by atoms with Gasteiger partial charge in [0.05, 0.1) is 5.56 Å². The summed E-state index contributed by atoms with van der Waals surface area (Å²) in [6.07, 6.45) is 2.05. The molecule has 0 unspecified atom stereocenters. The molecule has 1 saturated carbocycles. The van der Waals surface area contributed by atoms with Crippen molar-refractivity contribution in [3.63, 3.8) is 0 Å². The molecule has 1 aliphatic carbocycles. The topological polar surface area (TPSA) is 45.2 Å². The smallest absolute Gasteiger partial charge is 0.349 e. The highest BCUT2D eigenvalue weighted by Gasteiger charge is 2.31. The summed E-state index contributed by atoms with van der Waals surface area (Å²) in [5, 5.41) is 2.94. The summed E-state index contributed by atoms with van der Waals surface area (Å²) in [5.74, 6) is 0.0227. The summed E-state index contributed by atoms with van der Waals surface area (Å²) in [7, 11) is 2.09. The lowest BCUT2D eigenvalue weighted by atomic mass is 9.85. The van der Waals surface area contributed by atoms with Gasteiger partial charge in [-0.2, -0.15) is 13.2 Å². The van der Waals surface area contributed by atoms with E-state index >= 15 is 0 Å². The minimum atomic E-state index is -4.45. The molecule has 0 spiro atoms. The van der Waals surface area contributed by atoms with Gasteiger partial charge in [-0.3, -0.25) is 9.78 Å². The van der Waals surface area contributed by atoms with Crippen molar-refractivity contribution in [2.24, 2.45) is 5.92 Å². The van der Waals surface area contributed by atoms with E-state index in [1.54, 1.807) is 6.20 Å². The lowest BCUT2D eigenvalue weighted by Crippen LogP contribution is -2.41. The second kappa shape index (κ2) is 10.1. The van der Waals surface area contributed by atoms with E-state index in [2.05, 4.69) is 22.2 Å². The Morgan fingerprint density at radius 2 is 2.03 bits per heavy atom. The van der Waals surface area contributed by atoms with Crippen LogP contribution in [0, 0.1) is 5.92 Å². The summed E-state index contributed by atoms with van der Waals surface area (Å²) in [6, 6.07) is 10.5. The van der Waals surface area contributed by atoms with E-state index in [4.69, 9.17) is 0 Å². The maximum absolute atomic E-state index is 12.9. The highest BCUT2D eigenvalue weighted by molar-refractivity contribution is 5.94. The molecule has 0 bridgehead atoms. The molecule has 0 saturated heterocycles. The molecule has 0 radical (unpaired) electrons. The van der Waals surface area contributed by atoms with Crippen LogP contribution in [0.2, 0.25) is 0 Å². The number of rotatable bonds is 7. The number of likely N-dealkylation sites (N-methyl/N-ethyl adjacent to an activating group) is 1. The van der Waals surface area contributed by atoms with Gasteiger partial charge < -0.3 is 10.2 Å². The summed E-state index contributed by atoms with van der Waals surface area (Å²) in [5.41, 5.74) is 0.324. The van der Waals surface area contributed by atoms with Crippen LogP contribution in [-0.2, 0) is 12.6 Å². The normalized spacial score (nSPS) is 19.6. The zero-order valence-corrected chi connectivity index (χ0v) is 17.2. The Balaban J connectivity index is 1.49. The molecule has 1 amide bonds. The van der Waals surface area contributed by atoms with Crippen molar-refractivity contribution in [1.82, 2.24) is 15.2 Å². The number of hydrogen-bond donors (Lipinski definition) is 1. The predicted octanol–water partition coefficient (Wildman–Crippen LogP) is 4.56. The van der Waals surface area contributed by atoms with Crippen LogP contribution in [0.15, 0.2) is 48.7 Å². The Labute approximate surface area is 175 Å². The van der Waals surface area contributed by atoms with Crippen LogP contribution in [-0.4, -0.2) is 42.0 Å². The van der Waals surface area contributed by atoms with E-state index in [-0.39, 0.29) is 11.6 Å². The van der Waals surface area contributed by atoms with Gasteiger partial charge in [0.15, 0.2) is 0 Å². The number of aromatic nitrogens is 1. The third-order valence-electron chi connectivity index (χ3n) is 5.62. The number of halogens is 3. The first kappa shape index (κ1) is 22.3. The van der Waals surface area contributed by atoms with Crippen molar-refractivity contribution in [3.8, 4) is 0 Å². The molecule has 162 valence electrons. The van der Waals surface area contributed by atoms with Gasteiger partial charge in [0.2, 0.25) is 0 Å². The van der Waals surface area contributed by atoms with Gasteiger partial charge in [0.1, 0.15) is 0 Å². The molecule has 1 fully saturated rings. The highest BCUT2D eigenvalue weighted by Crippen LogP contribution is 2.30. The van der Waals surface area contributed by atoms with Crippen molar-refractivity contribution in [3.05, 3.63) is 65.5 Å². The van der Waals surface area contributed by atoms with Gasteiger partial charge in [0.25, 0.3) is 5.91 Å². The van der Waals surface area contributed by atoms with Crippen molar-refractivity contribution in [1.29, 1.82) is 0 Å². The predicted molar refractivity (Wildman–Crippen MR) is 110 cm³/mol. The minimum Gasteiger partial charge on any atom is -0.349 e. The molecule has 1 N–H and O–H groups in total. The largest absolute Gasteiger partial charge is 0.416 e. The summed E-state index contributed by atoms with van der Waals surface area (Å²) in [4.78, 5) is 19.1. The van der Waals surface area contributed by atoms with Crippen molar-refractivity contribution in [2.75, 3.05) is 20.1 Å². The van der Waals surface area contributed by atoms with Gasteiger partial charge in [-0.15, -0.1) is 0 Å². The maximum Gasteiger partial charge on any atom is 0.416 e. The Hall–Kier alpha value is -2.41. The zero-order chi connectivity index (χ0) is 21.6. The number of amides is 1. The van der Waals surface area contributed by atoms with Crippen molar-refractivity contribution in [2.45, 2.75) is 44.3 Å². The Kier molecular flexibility index (Phi) is 7.48. The number of carbonyl (C=O) groups excluding carboxylic acids is 1. The third kappa shape index (κ3) is 6.55. The number of pyridine rings is 1. The number of nitrogens with zero attached hydrogens (tertiary/aromatic N) is 2. The average Bonchev–Trinajstić information content (AvgIpc) is 2.73. The van der Waals surface area contributed by atoms with E-state index in [1.807, 2.05) is 18.2 Å². The molecule has 2 atom stereocenters. The van der Waals surface area contributed by atoms with E-state index in [0.717, 1.165) is 63.0 Å². The first-order valence-corrected chi connectivity index (χ1v) is 10.4. The highest BCUT2D eigenvalue weighted by atomic mass is 19.4. The molecule has 0 aliphatic heterocycles. The van der Waals surface area contributed by atoms with Gasteiger partial charge in [0, 0.05) is 43.0 Å². The summed E-state index contributed by atoms with van der Waals surface area (Å²) in [6.45, 7) is 1.84. The lowest BCUT2D eigenvalue weighted by Gasteiger charge is -2.32. The molecule has 1 aromatic heterocycles. The van der Waals surface area contributed by atoms with Gasteiger partial charge in [-0.1, -0.05) is 18.6 Å². The second-order valence-electron chi connectivity index (χ2n) is 8.11. The van der Waals surface area contributed by atoms with Crippen LogP contribution >= 0.6 is 0 Å². The number of hydrogen-bond acceptors (Lipinski definition) is 3. The molecule has 1 aromatic carbocycles. The molecule has 4 nitrogen and oxygen atoms in total. The molecule has 7 heteroatoms. The standard InChI is InChI=1S/C23H28F3N3O/c1-29(13-11-20-9-2-3-12-27-20)16-17-6-4-10-21(14-17)28-22(30)18-7-5-8-19(15-18)23(24,25)26/h2-3,5,7-9,12,15,17,21H,4,6,10-11,13-14,16H2,1H3,(H,28,30)/t17-,21-/m1/s1. The molecular formula is C23H28F3N3O. The van der Waals surface area contributed by atoms with Gasteiger partial charge >= 0.3 is 6.18 Å². The molecule has 1 heterocycles. The first-order valence-electron chi connectivity index (χ1n) is 10.4. The van der Waals surface area contributed by atoms with Crippen molar-refractivity contribution < 1.29 is 18.0 Å². The minimum absolute atomic E-state index is 0.00465. The molecule has 2 aromatic rings. The van der Waals surface area contributed by atoms with Crippen molar-refractivity contribution >= 4 is 5.91 Å². The Bertz CT molecular complexity index is 826. The number of benzene rings is 1. The fraction of sp³-hybridized carbons (Fsp3) is 0.478. The molecule has 30 heavy (non-hydrogen) atoms. The van der Waals surface area contributed by atoms with Gasteiger partial charge in [-0.05, 0) is 62.6 Å². The quantitative estimate of drug-likeness (QED) is 0.716. The second-order valence-corrected chi connectivity index (χ2v) is 8.11. The molecular weight excluding hydrogens is 391 g/mol. The number of carbonyl (C=O) groups is 1. The number of nitrogens with one attached hydrogen (secondary N) is 1.